The molecule has 1 aromatic carbocycles. The van der Waals surface area contributed by atoms with E-state index in [0.29, 0.717) is 0 Å². The molecular weight excluding hydrogens is 289 g/mol. The van der Waals surface area contributed by atoms with Crippen molar-refractivity contribution in [1.82, 2.24) is 5.32 Å². The summed E-state index contributed by atoms with van der Waals surface area (Å²) in [6.07, 6.45) is 3.03. The fourth-order valence-electron chi connectivity index (χ4n) is 2.79. The highest BCUT2D eigenvalue weighted by molar-refractivity contribution is 5.80. The number of hydrogen-bond donors (Lipinski definition) is 1. The second-order valence-electron chi connectivity index (χ2n) is 8.91. The smallest absolute Gasteiger partial charge is 0.223 e. The molecule has 0 saturated carbocycles. The van der Waals surface area contributed by atoms with Crippen LogP contribution in [0, 0.1) is 22.6 Å². The number of benzene rings is 1. The van der Waals surface area contributed by atoms with Crippen LogP contribution < -0.4 is 5.32 Å². The number of hydrogen-bond acceptors (Lipinski definition) is 1. The van der Waals surface area contributed by atoms with Gasteiger partial charge in [0, 0.05) is 12.5 Å². The van der Waals surface area contributed by atoms with E-state index in [4.69, 9.17) is 0 Å². The molecule has 1 amide bonds. The molecule has 1 saturated heterocycles. The summed E-state index contributed by atoms with van der Waals surface area (Å²) in [6.45, 7) is 13.9. The molecule has 1 fully saturated rings. The van der Waals surface area contributed by atoms with Gasteiger partial charge < -0.3 is 5.32 Å². The van der Waals surface area contributed by atoms with Gasteiger partial charge in [-0.2, -0.15) is 0 Å². The van der Waals surface area contributed by atoms with E-state index < -0.39 is 0 Å². The largest absolute Gasteiger partial charge is 0.356 e. The van der Waals surface area contributed by atoms with Crippen LogP contribution in [0.3, 0.4) is 0 Å². The normalized spacial score (nSPS) is 18.2. The molecule has 1 aromatic rings. The predicted molar refractivity (Wildman–Crippen MR) is 94.7 cm³/mol. The molecular formula is C20H32FNO. The number of nitrogens with one attached hydrogen (secondary N) is 1. The Morgan fingerprint density at radius 2 is 1.61 bits per heavy atom. The van der Waals surface area contributed by atoms with Crippen molar-refractivity contribution in [3.63, 3.8) is 0 Å². The van der Waals surface area contributed by atoms with E-state index in [0.717, 1.165) is 25.8 Å². The van der Waals surface area contributed by atoms with Crippen molar-refractivity contribution < 1.29 is 9.18 Å². The first-order valence-electron chi connectivity index (χ1n) is 8.48. The highest BCUT2D eigenvalue weighted by atomic mass is 19.1. The van der Waals surface area contributed by atoms with Gasteiger partial charge in [0.15, 0.2) is 0 Å². The van der Waals surface area contributed by atoms with E-state index in [2.05, 4.69) is 46.9 Å². The van der Waals surface area contributed by atoms with Crippen LogP contribution in [0.2, 0.25) is 0 Å². The van der Waals surface area contributed by atoms with Gasteiger partial charge in [-0.25, -0.2) is 4.39 Å². The second-order valence-corrected chi connectivity index (χ2v) is 8.91. The van der Waals surface area contributed by atoms with Crippen LogP contribution in [-0.4, -0.2) is 12.5 Å². The summed E-state index contributed by atoms with van der Waals surface area (Å²) in [5.74, 6) is 0.364. The van der Waals surface area contributed by atoms with Gasteiger partial charge in [-0.3, -0.25) is 4.79 Å². The average Bonchev–Trinajstić information content (AvgIpc) is 2.75. The van der Waals surface area contributed by atoms with Crippen molar-refractivity contribution in [3.05, 3.63) is 35.6 Å². The number of carbonyl (C=O) groups excluding carboxylic acids is 1. The summed E-state index contributed by atoms with van der Waals surface area (Å²) in [4.78, 5) is 11.1. The molecule has 23 heavy (non-hydrogen) atoms. The molecule has 2 nitrogen and oxygen atoms in total. The van der Waals surface area contributed by atoms with Crippen molar-refractivity contribution >= 4 is 5.91 Å². The quantitative estimate of drug-likeness (QED) is 0.818. The molecule has 1 aliphatic heterocycles. The second kappa shape index (κ2) is 7.94. The lowest BCUT2D eigenvalue weighted by Crippen LogP contribution is -2.22. The minimum Gasteiger partial charge on any atom is -0.356 e. The van der Waals surface area contributed by atoms with E-state index in [1.807, 2.05) is 12.1 Å². The van der Waals surface area contributed by atoms with Crippen LogP contribution in [0.4, 0.5) is 4.39 Å². The molecule has 130 valence electrons. The third-order valence-corrected chi connectivity index (χ3v) is 3.67. The van der Waals surface area contributed by atoms with Gasteiger partial charge in [-0.05, 0) is 47.8 Å². The maximum absolute atomic E-state index is 12.5. The first-order valence-corrected chi connectivity index (χ1v) is 8.48. The van der Waals surface area contributed by atoms with Crippen LogP contribution in [0.1, 0.15) is 59.9 Å². The zero-order valence-electron chi connectivity index (χ0n) is 15.5. The molecule has 0 unspecified atom stereocenters. The molecule has 0 bridgehead atoms. The highest BCUT2D eigenvalue weighted by Crippen LogP contribution is 2.28. The van der Waals surface area contributed by atoms with Gasteiger partial charge in [0.1, 0.15) is 5.82 Å². The topological polar surface area (TPSA) is 29.1 Å². The summed E-state index contributed by atoms with van der Waals surface area (Å²) in [5, 5.41) is 2.85. The predicted octanol–water partition coefficient (Wildman–Crippen LogP) is 4.97. The van der Waals surface area contributed by atoms with Gasteiger partial charge in [-0.1, -0.05) is 53.7 Å². The summed E-state index contributed by atoms with van der Waals surface area (Å²) >= 11 is 0. The molecule has 1 N–H and O–H groups in total. The first kappa shape index (κ1) is 19.7. The average molecular weight is 321 g/mol. The van der Waals surface area contributed by atoms with Crippen LogP contribution in [0.25, 0.3) is 0 Å². The summed E-state index contributed by atoms with van der Waals surface area (Å²) in [7, 11) is 0. The molecule has 0 aliphatic carbocycles. The molecule has 2 rings (SSSR count). The third kappa shape index (κ3) is 8.73. The van der Waals surface area contributed by atoms with E-state index in [1.54, 1.807) is 0 Å². The number of halogens is 1. The Bertz CT molecular complexity index is 494. The molecule has 0 radical (unpaired) electrons. The molecule has 1 atom stereocenters. The van der Waals surface area contributed by atoms with Crippen molar-refractivity contribution in [2.75, 3.05) is 6.54 Å². The van der Waals surface area contributed by atoms with Crippen LogP contribution in [-0.2, 0) is 11.2 Å². The van der Waals surface area contributed by atoms with Crippen molar-refractivity contribution in [2.24, 2.45) is 16.7 Å². The Balaban J connectivity index is 0.000000231. The maximum atomic E-state index is 12.5. The Hall–Kier alpha value is -1.38. The van der Waals surface area contributed by atoms with Crippen molar-refractivity contribution in [3.8, 4) is 0 Å². The lowest BCUT2D eigenvalue weighted by molar-refractivity contribution is -0.123. The standard InChI is InChI=1S/C11H15F.C9H17NO/c1-11(2,3)8-9-4-6-10(12)7-5-9;1-9(2,3)6-7-4-5-10-8(7)11/h4-7H,8H2,1-3H3;7H,4-6H2,1-3H3,(H,10,11)/t;7-/m.0/s1. The lowest BCUT2D eigenvalue weighted by atomic mass is 9.84. The van der Waals surface area contributed by atoms with Crippen LogP contribution >= 0.6 is 0 Å². The first-order chi connectivity index (χ1) is 10.5. The summed E-state index contributed by atoms with van der Waals surface area (Å²) < 4.78 is 12.5. The minimum atomic E-state index is -0.160. The third-order valence-electron chi connectivity index (χ3n) is 3.67. The SMILES string of the molecule is CC(C)(C)C[C@@H]1CCNC1=O.CC(C)(C)Cc1ccc(F)cc1. The Labute approximate surface area is 140 Å². The monoisotopic (exact) mass is 321 g/mol. The Morgan fingerprint density at radius 1 is 1.04 bits per heavy atom. The Kier molecular flexibility index (Phi) is 6.79. The Morgan fingerprint density at radius 3 is 2.00 bits per heavy atom. The highest BCUT2D eigenvalue weighted by Gasteiger charge is 2.28. The molecule has 1 heterocycles. The zero-order valence-corrected chi connectivity index (χ0v) is 15.5. The lowest BCUT2D eigenvalue weighted by Gasteiger charge is -2.20. The van der Waals surface area contributed by atoms with Crippen LogP contribution in [0.15, 0.2) is 24.3 Å². The summed E-state index contributed by atoms with van der Waals surface area (Å²) in [6, 6.07) is 6.73. The molecule has 1 aliphatic rings. The van der Waals surface area contributed by atoms with Gasteiger partial charge in [0.25, 0.3) is 0 Å². The molecule has 0 aromatic heterocycles. The van der Waals surface area contributed by atoms with E-state index in [1.165, 1.54) is 17.7 Å². The summed E-state index contributed by atoms with van der Waals surface area (Å²) in [5.41, 5.74) is 1.76. The van der Waals surface area contributed by atoms with Crippen molar-refractivity contribution in [1.29, 1.82) is 0 Å². The number of rotatable bonds is 2. The van der Waals surface area contributed by atoms with Gasteiger partial charge in [-0.15, -0.1) is 0 Å². The minimum absolute atomic E-state index is 0.160. The van der Waals surface area contributed by atoms with E-state index in [-0.39, 0.29) is 28.5 Å². The van der Waals surface area contributed by atoms with E-state index >= 15 is 0 Å². The maximum Gasteiger partial charge on any atom is 0.223 e. The van der Waals surface area contributed by atoms with Crippen molar-refractivity contribution in [2.45, 2.75) is 60.8 Å². The van der Waals surface area contributed by atoms with Gasteiger partial charge >= 0.3 is 0 Å². The van der Waals surface area contributed by atoms with Crippen LogP contribution in [0.5, 0.6) is 0 Å². The van der Waals surface area contributed by atoms with E-state index in [9.17, 15) is 9.18 Å². The van der Waals surface area contributed by atoms with Gasteiger partial charge in [0.05, 0.1) is 0 Å². The fourth-order valence-corrected chi connectivity index (χ4v) is 2.79. The van der Waals surface area contributed by atoms with Gasteiger partial charge in [0.2, 0.25) is 5.91 Å². The fraction of sp³-hybridized carbons (Fsp3) is 0.650. The number of carbonyl (C=O) groups is 1. The zero-order chi connectivity index (χ0) is 17.7. The molecule has 0 spiro atoms. The molecule has 3 heteroatoms. The number of amides is 1.